The van der Waals surface area contributed by atoms with Gasteiger partial charge >= 0.3 is 12.0 Å². The predicted molar refractivity (Wildman–Crippen MR) is 94.1 cm³/mol. The standard InChI is InChI=1S/C18H33N3O3/c1-3-8-18(9-5-10-18)14-19-17(24)21-11-6-15(7-12-21)20(4-2)13-16(22)23/h15H,3-14H2,1-2H3,(H,19,24)(H,22,23). The Kier molecular flexibility index (Phi) is 6.90. The van der Waals surface area contributed by atoms with Crippen LogP contribution in [-0.4, -0.2) is 65.7 Å². The summed E-state index contributed by atoms with van der Waals surface area (Å²) in [4.78, 5) is 27.2. The highest BCUT2D eigenvalue weighted by molar-refractivity contribution is 5.74. The molecule has 138 valence electrons. The number of carbonyl (C=O) groups is 2. The third-order valence-electron chi connectivity index (χ3n) is 5.82. The molecule has 2 fully saturated rings. The summed E-state index contributed by atoms with van der Waals surface area (Å²) in [5, 5.41) is 12.1. The number of hydrogen-bond acceptors (Lipinski definition) is 3. The monoisotopic (exact) mass is 339 g/mol. The first-order valence-electron chi connectivity index (χ1n) is 9.48. The van der Waals surface area contributed by atoms with Crippen LogP contribution in [0.25, 0.3) is 0 Å². The molecule has 0 bridgehead atoms. The van der Waals surface area contributed by atoms with Crippen molar-refractivity contribution in [1.29, 1.82) is 0 Å². The highest BCUT2D eigenvalue weighted by Crippen LogP contribution is 2.44. The minimum Gasteiger partial charge on any atom is -0.480 e. The number of urea groups is 1. The first-order valence-corrected chi connectivity index (χ1v) is 9.48. The fourth-order valence-corrected chi connectivity index (χ4v) is 4.20. The van der Waals surface area contributed by atoms with E-state index < -0.39 is 5.97 Å². The molecular formula is C18H33N3O3. The highest BCUT2D eigenvalue weighted by atomic mass is 16.4. The smallest absolute Gasteiger partial charge is 0.317 e. The van der Waals surface area contributed by atoms with E-state index in [1.54, 1.807) is 0 Å². The Bertz CT molecular complexity index is 429. The van der Waals surface area contributed by atoms with Gasteiger partial charge in [0.15, 0.2) is 0 Å². The molecule has 1 saturated carbocycles. The molecule has 24 heavy (non-hydrogen) atoms. The van der Waals surface area contributed by atoms with Crippen molar-refractivity contribution >= 4 is 12.0 Å². The maximum Gasteiger partial charge on any atom is 0.317 e. The molecule has 1 saturated heterocycles. The Morgan fingerprint density at radius 1 is 1.25 bits per heavy atom. The van der Waals surface area contributed by atoms with E-state index in [4.69, 9.17) is 5.11 Å². The summed E-state index contributed by atoms with van der Waals surface area (Å²) in [6.45, 7) is 7.27. The maximum atomic E-state index is 12.4. The molecule has 0 aromatic heterocycles. The number of likely N-dealkylation sites (tertiary alicyclic amines) is 1. The maximum absolute atomic E-state index is 12.4. The third-order valence-corrected chi connectivity index (χ3v) is 5.82. The van der Waals surface area contributed by atoms with E-state index in [2.05, 4.69) is 12.2 Å². The summed E-state index contributed by atoms with van der Waals surface area (Å²) in [6.07, 6.45) is 7.86. The number of nitrogens with one attached hydrogen (secondary N) is 1. The van der Waals surface area contributed by atoms with Gasteiger partial charge < -0.3 is 15.3 Å². The molecule has 2 rings (SSSR count). The summed E-state index contributed by atoms with van der Waals surface area (Å²) in [7, 11) is 0. The van der Waals surface area contributed by atoms with Gasteiger partial charge in [-0.3, -0.25) is 9.69 Å². The number of carboxylic acid groups (broad SMARTS) is 1. The van der Waals surface area contributed by atoms with Crippen LogP contribution < -0.4 is 5.32 Å². The zero-order chi connectivity index (χ0) is 17.6. The van der Waals surface area contributed by atoms with Crippen molar-refractivity contribution in [1.82, 2.24) is 15.1 Å². The molecule has 2 aliphatic rings. The molecule has 2 N–H and O–H groups in total. The SMILES string of the molecule is CCCC1(CNC(=O)N2CCC(N(CC)CC(=O)O)CC2)CCC1. The average Bonchev–Trinajstić information content (AvgIpc) is 2.54. The van der Waals surface area contributed by atoms with Gasteiger partial charge in [-0.1, -0.05) is 26.7 Å². The number of rotatable bonds is 8. The van der Waals surface area contributed by atoms with Crippen molar-refractivity contribution in [2.45, 2.75) is 64.8 Å². The van der Waals surface area contributed by atoms with Crippen LogP contribution in [0.1, 0.15) is 58.8 Å². The van der Waals surface area contributed by atoms with Gasteiger partial charge in [-0.2, -0.15) is 0 Å². The summed E-state index contributed by atoms with van der Waals surface area (Å²) < 4.78 is 0. The lowest BCUT2D eigenvalue weighted by Gasteiger charge is -2.43. The van der Waals surface area contributed by atoms with Gasteiger partial charge in [0, 0.05) is 25.7 Å². The Hall–Kier alpha value is -1.30. The Balaban J connectivity index is 1.75. The number of nitrogens with zero attached hydrogens (tertiary/aromatic N) is 2. The molecule has 1 heterocycles. The van der Waals surface area contributed by atoms with Gasteiger partial charge in [0.1, 0.15) is 0 Å². The zero-order valence-electron chi connectivity index (χ0n) is 15.2. The van der Waals surface area contributed by atoms with E-state index in [1.165, 1.54) is 32.1 Å². The summed E-state index contributed by atoms with van der Waals surface area (Å²) in [6, 6.07) is 0.324. The number of likely N-dealkylation sites (N-methyl/N-ethyl adjacent to an activating group) is 1. The van der Waals surface area contributed by atoms with Crippen molar-refractivity contribution < 1.29 is 14.7 Å². The van der Waals surface area contributed by atoms with E-state index in [1.807, 2.05) is 16.7 Å². The van der Waals surface area contributed by atoms with Crippen LogP contribution in [0.2, 0.25) is 0 Å². The Labute approximate surface area is 145 Å². The van der Waals surface area contributed by atoms with Crippen LogP contribution in [0, 0.1) is 5.41 Å². The molecule has 0 aromatic carbocycles. The lowest BCUT2D eigenvalue weighted by atomic mass is 9.66. The van der Waals surface area contributed by atoms with Crippen LogP contribution in [-0.2, 0) is 4.79 Å². The molecule has 2 amide bonds. The second kappa shape index (κ2) is 8.70. The topological polar surface area (TPSA) is 72.9 Å². The summed E-state index contributed by atoms with van der Waals surface area (Å²) in [5.74, 6) is -0.779. The first kappa shape index (κ1) is 19.0. The molecule has 1 aliphatic heterocycles. The molecule has 6 heteroatoms. The molecule has 6 nitrogen and oxygen atoms in total. The molecular weight excluding hydrogens is 306 g/mol. The van der Waals surface area contributed by atoms with Gasteiger partial charge in [-0.05, 0) is 44.1 Å². The van der Waals surface area contributed by atoms with Gasteiger partial charge in [0.2, 0.25) is 0 Å². The van der Waals surface area contributed by atoms with Crippen LogP contribution in [0.3, 0.4) is 0 Å². The van der Waals surface area contributed by atoms with E-state index in [0.717, 1.165) is 25.9 Å². The van der Waals surface area contributed by atoms with Crippen molar-refractivity contribution in [3.63, 3.8) is 0 Å². The van der Waals surface area contributed by atoms with Crippen molar-refractivity contribution in [2.75, 3.05) is 32.7 Å². The van der Waals surface area contributed by atoms with Gasteiger partial charge in [-0.15, -0.1) is 0 Å². The van der Waals surface area contributed by atoms with Crippen LogP contribution in [0.15, 0.2) is 0 Å². The normalized spacial score (nSPS) is 20.7. The van der Waals surface area contributed by atoms with Crippen LogP contribution in [0.4, 0.5) is 4.79 Å². The largest absolute Gasteiger partial charge is 0.480 e. The number of carbonyl (C=O) groups excluding carboxylic acids is 1. The number of amides is 2. The minimum absolute atomic E-state index is 0.0529. The van der Waals surface area contributed by atoms with E-state index in [0.29, 0.717) is 18.5 Å². The Morgan fingerprint density at radius 2 is 1.92 bits per heavy atom. The summed E-state index contributed by atoms with van der Waals surface area (Å²) >= 11 is 0. The fraction of sp³-hybridized carbons (Fsp3) is 0.889. The lowest BCUT2D eigenvalue weighted by Crippen LogP contribution is -2.52. The summed E-state index contributed by atoms with van der Waals surface area (Å²) in [5.41, 5.74) is 0.350. The first-order chi connectivity index (χ1) is 11.5. The van der Waals surface area contributed by atoms with E-state index in [9.17, 15) is 9.59 Å². The van der Waals surface area contributed by atoms with E-state index in [-0.39, 0.29) is 18.6 Å². The molecule has 0 radical (unpaired) electrons. The quantitative estimate of drug-likeness (QED) is 0.713. The highest BCUT2D eigenvalue weighted by Gasteiger charge is 2.36. The predicted octanol–water partition coefficient (Wildman–Crippen LogP) is 2.54. The molecule has 1 aliphatic carbocycles. The number of piperidine rings is 1. The van der Waals surface area contributed by atoms with Gasteiger partial charge in [0.05, 0.1) is 6.54 Å². The molecule has 0 aromatic rings. The number of aliphatic carboxylic acids is 1. The number of hydrogen-bond donors (Lipinski definition) is 2. The average molecular weight is 339 g/mol. The zero-order valence-corrected chi connectivity index (χ0v) is 15.2. The van der Waals surface area contributed by atoms with Crippen molar-refractivity contribution in [3.05, 3.63) is 0 Å². The fourth-order valence-electron chi connectivity index (χ4n) is 4.20. The van der Waals surface area contributed by atoms with Crippen LogP contribution in [0.5, 0.6) is 0 Å². The number of carboxylic acids is 1. The van der Waals surface area contributed by atoms with Crippen molar-refractivity contribution in [2.24, 2.45) is 5.41 Å². The van der Waals surface area contributed by atoms with E-state index >= 15 is 0 Å². The minimum atomic E-state index is -0.779. The Morgan fingerprint density at radius 3 is 2.38 bits per heavy atom. The van der Waals surface area contributed by atoms with Crippen molar-refractivity contribution in [3.8, 4) is 0 Å². The molecule has 0 spiro atoms. The molecule has 0 atom stereocenters. The second-order valence-electron chi connectivity index (χ2n) is 7.44. The van der Waals surface area contributed by atoms with Gasteiger partial charge in [0.25, 0.3) is 0 Å². The van der Waals surface area contributed by atoms with Crippen LogP contribution >= 0.6 is 0 Å². The molecule has 0 unspecified atom stereocenters. The van der Waals surface area contributed by atoms with Gasteiger partial charge in [-0.25, -0.2) is 4.79 Å². The third kappa shape index (κ3) is 4.85. The second-order valence-corrected chi connectivity index (χ2v) is 7.44. The lowest BCUT2D eigenvalue weighted by molar-refractivity contribution is -0.139.